The van der Waals surface area contributed by atoms with Gasteiger partial charge in [0.25, 0.3) is 0 Å². The maximum atomic E-state index is 13.8. The van der Waals surface area contributed by atoms with Crippen molar-refractivity contribution >= 4 is 17.9 Å². The number of nitrogens with zero attached hydrogens (tertiary/aromatic N) is 1. The number of esters is 1. The monoisotopic (exact) mass is 341 g/mol. The van der Waals surface area contributed by atoms with Crippen molar-refractivity contribution in [3.8, 4) is 17.2 Å². The van der Waals surface area contributed by atoms with E-state index in [0.29, 0.717) is 22.8 Å². The van der Waals surface area contributed by atoms with E-state index in [0.717, 1.165) is 0 Å². The van der Waals surface area contributed by atoms with Crippen molar-refractivity contribution in [1.82, 2.24) is 0 Å². The molecule has 2 heterocycles. The van der Waals surface area contributed by atoms with Gasteiger partial charge >= 0.3 is 5.97 Å². The Morgan fingerprint density at radius 1 is 1.24 bits per heavy atom. The van der Waals surface area contributed by atoms with E-state index in [1.165, 1.54) is 25.3 Å². The Labute approximate surface area is 142 Å². The van der Waals surface area contributed by atoms with E-state index in [1.807, 2.05) is 0 Å². The van der Waals surface area contributed by atoms with Crippen molar-refractivity contribution < 1.29 is 28.1 Å². The average Bonchev–Trinajstić information content (AvgIpc) is 3.21. The fourth-order valence-electron chi connectivity index (χ4n) is 2.55. The lowest BCUT2D eigenvalue weighted by atomic mass is 10.1. The molecule has 0 bridgehead atoms. The smallest absolute Gasteiger partial charge is 0.363 e. The van der Waals surface area contributed by atoms with Crippen LogP contribution in [0.3, 0.4) is 0 Å². The zero-order valence-electron chi connectivity index (χ0n) is 13.1. The van der Waals surface area contributed by atoms with Crippen LogP contribution in [0.15, 0.2) is 47.1 Å². The molecule has 4 rings (SSSR count). The number of fused-ring (bicyclic) bond motifs is 1. The minimum atomic E-state index is -0.658. The summed E-state index contributed by atoms with van der Waals surface area (Å²) in [6.45, 7) is 0.101. The largest absolute Gasteiger partial charge is 0.493 e. The van der Waals surface area contributed by atoms with Gasteiger partial charge in [-0.2, -0.15) is 0 Å². The first-order valence-corrected chi connectivity index (χ1v) is 7.41. The zero-order valence-corrected chi connectivity index (χ0v) is 13.1. The van der Waals surface area contributed by atoms with Crippen LogP contribution in [-0.4, -0.2) is 25.8 Å². The average molecular weight is 341 g/mol. The second-order valence-corrected chi connectivity index (χ2v) is 5.27. The third-order valence-corrected chi connectivity index (χ3v) is 3.71. The van der Waals surface area contributed by atoms with Crippen LogP contribution in [0.2, 0.25) is 0 Å². The first-order chi connectivity index (χ1) is 12.2. The molecule has 0 unspecified atom stereocenters. The molecule has 0 amide bonds. The summed E-state index contributed by atoms with van der Waals surface area (Å²) in [6.07, 6.45) is 1.51. The molecule has 25 heavy (non-hydrogen) atoms. The van der Waals surface area contributed by atoms with Crippen molar-refractivity contribution in [1.29, 1.82) is 0 Å². The zero-order chi connectivity index (χ0) is 17.4. The third-order valence-electron chi connectivity index (χ3n) is 3.71. The van der Waals surface area contributed by atoms with E-state index < -0.39 is 11.8 Å². The SMILES string of the molecule is COc1cc(/C=C2\N=C(c3ccccc3F)OC2=O)cc2c1OCO2. The molecule has 2 aliphatic heterocycles. The molecule has 0 aliphatic carbocycles. The minimum absolute atomic E-state index is 0.0548. The van der Waals surface area contributed by atoms with E-state index in [4.69, 9.17) is 18.9 Å². The number of ether oxygens (including phenoxy) is 4. The van der Waals surface area contributed by atoms with Gasteiger partial charge in [0, 0.05) is 0 Å². The molecule has 0 spiro atoms. The van der Waals surface area contributed by atoms with Crippen molar-refractivity contribution in [3.05, 3.63) is 59.0 Å². The van der Waals surface area contributed by atoms with E-state index in [2.05, 4.69) is 4.99 Å². The Morgan fingerprint density at radius 3 is 2.88 bits per heavy atom. The Hall–Kier alpha value is -3.35. The standard InChI is InChI=1S/C18H12FNO5/c1-22-14-7-10(8-15-16(14)24-9-23-15)6-13-18(21)25-17(20-13)11-4-2-3-5-12(11)19/h2-8H,9H2,1H3/b13-6-. The maximum absolute atomic E-state index is 13.8. The van der Waals surface area contributed by atoms with Gasteiger partial charge in [-0.1, -0.05) is 12.1 Å². The van der Waals surface area contributed by atoms with Crippen LogP contribution in [0.1, 0.15) is 11.1 Å². The summed E-state index contributed by atoms with van der Waals surface area (Å²) in [5, 5.41) is 0. The number of halogens is 1. The highest BCUT2D eigenvalue weighted by molar-refractivity contribution is 6.13. The number of carbonyl (C=O) groups excluding carboxylic acids is 1. The number of methoxy groups -OCH3 is 1. The van der Waals surface area contributed by atoms with Gasteiger partial charge in [-0.3, -0.25) is 0 Å². The van der Waals surface area contributed by atoms with Gasteiger partial charge in [0.15, 0.2) is 17.2 Å². The minimum Gasteiger partial charge on any atom is -0.493 e. The summed E-state index contributed by atoms with van der Waals surface area (Å²) in [4.78, 5) is 16.1. The molecule has 2 aromatic rings. The molecule has 0 aromatic heterocycles. The van der Waals surface area contributed by atoms with Crippen LogP contribution in [-0.2, 0) is 9.53 Å². The number of hydrogen-bond donors (Lipinski definition) is 0. The van der Waals surface area contributed by atoms with Gasteiger partial charge in [0.1, 0.15) is 5.82 Å². The molecule has 0 saturated heterocycles. The third kappa shape index (κ3) is 2.69. The summed E-state index contributed by atoms with van der Waals surface area (Å²) in [6, 6.07) is 9.33. The molecular weight excluding hydrogens is 329 g/mol. The van der Waals surface area contributed by atoms with Crippen LogP contribution in [0, 0.1) is 5.82 Å². The van der Waals surface area contributed by atoms with Crippen LogP contribution in [0.25, 0.3) is 6.08 Å². The lowest BCUT2D eigenvalue weighted by Crippen LogP contribution is -2.07. The van der Waals surface area contributed by atoms with Crippen molar-refractivity contribution in [3.63, 3.8) is 0 Å². The predicted molar refractivity (Wildman–Crippen MR) is 86.1 cm³/mol. The Balaban J connectivity index is 1.72. The van der Waals surface area contributed by atoms with Gasteiger partial charge in [-0.15, -0.1) is 0 Å². The summed E-state index contributed by atoms with van der Waals surface area (Å²) in [5.41, 5.74) is 0.799. The molecule has 0 radical (unpaired) electrons. The topological polar surface area (TPSA) is 66.4 Å². The Bertz CT molecular complexity index is 935. The maximum Gasteiger partial charge on any atom is 0.363 e. The summed E-state index contributed by atoms with van der Waals surface area (Å²) >= 11 is 0. The predicted octanol–water partition coefficient (Wildman–Crippen LogP) is 2.91. The molecule has 2 aliphatic rings. The number of cyclic esters (lactones) is 1. The van der Waals surface area contributed by atoms with Crippen LogP contribution in [0.4, 0.5) is 4.39 Å². The van der Waals surface area contributed by atoms with E-state index in [-0.39, 0.29) is 24.0 Å². The molecule has 0 saturated carbocycles. The van der Waals surface area contributed by atoms with Crippen LogP contribution in [0.5, 0.6) is 17.2 Å². The fourth-order valence-corrected chi connectivity index (χ4v) is 2.55. The van der Waals surface area contributed by atoms with Gasteiger partial charge < -0.3 is 18.9 Å². The normalized spacial score (nSPS) is 16.8. The highest BCUT2D eigenvalue weighted by Gasteiger charge is 2.26. The Kier molecular flexibility index (Phi) is 3.61. The lowest BCUT2D eigenvalue weighted by Gasteiger charge is -2.05. The number of benzene rings is 2. The Morgan fingerprint density at radius 2 is 2.08 bits per heavy atom. The highest BCUT2D eigenvalue weighted by Crippen LogP contribution is 2.42. The molecule has 126 valence electrons. The number of rotatable bonds is 3. The molecule has 0 atom stereocenters. The summed E-state index contributed by atoms with van der Waals surface area (Å²) in [5.74, 6) is 0.258. The number of hydrogen-bond acceptors (Lipinski definition) is 6. The second-order valence-electron chi connectivity index (χ2n) is 5.27. The van der Waals surface area contributed by atoms with Crippen molar-refractivity contribution in [2.75, 3.05) is 13.9 Å². The lowest BCUT2D eigenvalue weighted by molar-refractivity contribution is -0.129. The molecule has 6 nitrogen and oxygen atoms in total. The van der Waals surface area contributed by atoms with E-state index in [9.17, 15) is 9.18 Å². The molecule has 0 fully saturated rings. The highest BCUT2D eigenvalue weighted by atomic mass is 19.1. The summed E-state index contributed by atoms with van der Waals surface area (Å²) < 4.78 is 34.8. The van der Waals surface area contributed by atoms with Crippen LogP contribution >= 0.6 is 0 Å². The number of carbonyl (C=O) groups is 1. The second kappa shape index (κ2) is 5.94. The quantitative estimate of drug-likeness (QED) is 0.634. The first kappa shape index (κ1) is 15.2. The van der Waals surface area contributed by atoms with Gasteiger partial charge in [0.2, 0.25) is 18.4 Å². The first-order valence-electron chi connectivity index (χ1n) is 7.41. The molecule has 7 heteroatoms. The van der Waals surface area contributed by atoms with Crippen molar-refractivity contribution in [2.45, 2.75) is 0 Å². The van der Waals surface area contributed by atoms with Gasteiger partial charge in [0.05, 0.1) is 12.7 Å². The fraction of sp³-hybridized carbons (Fsp3) is 0.111. The molecular formula is C18H12FNO5. The number of aliphatic imine (C=N–C) groups is 1. The van der Waals surface area contributed by atoms with Crippen molar-refractivity contribution in [2.24, 2.45) is 4.99 Å². The molecule has 0 N–H and O–H groups in total. The van der Waals surface area contributed by atoms with E-state index >= 15 is 0 Å². The summed E-state index contributed by atoms with van der Waals surface area (Å²) in [7, 11) is 1.51. The van der Waals surface area contributed by atoms with E-state index in [1.54, 1.807) is 24.3 Å². The van der Waals surface area contributed by atoms with Crippen LogP contribution < -0.4 is 14.2 Å². The van der Waals surface area contributed by atoms with Gasteiger partial charge in [-0.05, 0) is 35.9 Å². The molecule has 2 aromatic carbocycles. The van der Waals surface area contributed by atoms with Gasteiger partial charge in [-0.25, -0.2) is 14.2 Å².